The van der Waals surface area contributed by atoms with Gasteiger partial charge in [-0.3, -0.25) is 9.59 Å². The second-order valence-corrected chi connectivity index (χ2v) is 7.29. The lowest BCUT2D eigenvalue weighted by Crippen LogP contribution is -2.52. The minimum Gasteiger partial charge on any atom is -0.346 e. The lowest BCUT2D eigenvalue weighted by Gasteiger charge is -2.27. The third kappa shape index (κ3) is 3.94. The van der Waals surface area contributed by atoms with Gasteiger partial charge in [-0.25, -0.2) is 4.98 Å². The number of nitrogens with zero attached hydrogens (tertiary/aromatic N) is 3. The zero-order chi connectivity index (χ0) is 21.1. The number of benzene rings is 2. The minimum absolute atomic E-state index is 0.0357. The fourth-order valence-corrected chi connectivity index (χ4v) is 3.69. The third-order valence-electron chi connectivity index (χ3n) is 5.29. The molecule has 7 heteroatoms. The number of aromatic nitrogens is 2. The van der Waals surface area contributed by atoms with Crippen molar-refractivity contribution in [1.82, 2.24) is 15.3 Å². The summed E-state index contributed by atoms with van der Waals surface area (Å²) in [4.78, 5) is 33.0. The van der Waals surface area contributed by atoms with E-state index < -0.39 is 11.8 Å². The number of H-pyrrole nitrogens is 1. The number of hydrogen-bond acceptors (Lipinski definition) is 4. The van der Waals surface area contributed by atoms with E-state index in [1.807, 2.05) is 61.7 Å². The lowest BCUT2D eigenvalue weighted by atomic mass is 9.89. The van der Waals surface area contributed by atoms with Crippen molar-refractivity contribution >= 4 is 17.5 Å². The van der Waals surface area contributed by atoms with Gasteiger partial charge in [-0.05, 0) is 48.7 Å². The van der Waals surface area contributed by atoms with Gasteiger partial charge >= 0.3 is 11.8 Å². The summed E-state index contributed by atoms with van der Waals surface area (Å²) >= 11 is 0. The number of rotatable bonds is 5. The van der Waals surface area contributed by atoms with Gasteiger partial charge < -0.3 is 15.2 Å². The highest BCUT2D eigenvalue weighted by molar-refractivity contribution is 6.41. The van der Waals surface area contributed by atoms with E-state index in [0.29, 0.717) is 24.3 Å². The SMILES string of the molecule is Cc1ncc(C(Cc2ccc(C#N)cc2)c2ccc(N3CCNC(=O)C3=O)cc2)[nH]1. The molecule has 1 saturated heterocycles. The Labute approximate surface area is 174 Å². The van der Waals surface area contributed by atoms with Gasteiger partial charge in [0.2, 0.25) is 0 Å². The van der Waals surface area contributed by atoms with Gasteiger partial charge in [0, 0.05) is 36.6 Å². The Balaban J connectivity index is 1.62. The molecule has 0 radical (unpaired) electrons. The summed E-state index contributed by atoms with van der Waals surface area (Å²) in [6, 6.07) is 17.4. The summed E-state index contributed by atoms with van der Waals surface area (Å²) < 4.78 is 0. The molecule has 1 aliphatic heterocycles. The van der Waals surface area contributed by atoms with Crippen LogP contribution in [-0.4, -0.2) is 34.9 Å². The molecule has 4 rings (SSSR count). The molecule has 2 aromatic carbocycles. The van der Waals surface area contributed by atoms with Gasteiger partial charge in [-0.1, -0.05) is 24.3 Å². The Morgan fingerprint density at radius 3 is 2.50 bits per heavy atom. The Morgan fingerprint density at radius 1 is 1.13 bits per heavy atom. The van der Waals surface area contributed by atoms with Crippen LogP contribution < -0.4 is 10.2 Å². The molecular weight excluding hydrogens is 378 g/mol. The van der Waals surface area contributed by atoms with Crippen molar-refractivity contribution in [3.8, 4) is 6.07 Å². The Morgan fingerprint density at radius 2 is 1.87 bits per heavy atom. The van der Waals surface area contributed by atoms with Crippen LogP contribution in [0.15, 0.2) is 54.7 Å². The lowest BCUT2D eigenvalue weighted by molar-refractivity contribution is -0.138. The molecule has 7 nitrogen and oxygen atoms in total. The van der Waals surface area contributed by atoms with Crippen molar-refractivity contribution in [3.63, 3.8) is 0 Å². The Hall–Kier alpha value is -3.92. The molecule has 0 aliphatic carbocycles. The zero-order valence-corrected chi connectivity index (χ0v) is 16.6. The molecule has 2 N–H and O–H groups in total. The number of aryl methyl sites for hydroxylation is 1. The van der Waals surface area contributed by atoms with Crippen LogP contribution in [0.25, 0.3) is 0 Å². The van der Waals surface area contributed by atoms with E-state index >= 15 is 0 Å². The first-order valence-electron chi connectivity index (χ1n) is 9.75. The standard InChI is InChI=1S/C23H21N5O2/c1-15-26-14-21(27-15)20(12-16-2-4-17(13-24)5-3-16)18-6-8-19(9-7-18)28-11-10-25-22(29)23(28)30/h2-9,14,20H,10-12H2,1H3,(H,25,29)(H,26,27). The maximum absolute atomic E-state index is 12.1. The number of anilines is 1. The molecule has 30 heavy (non-hydrogen) atoms. The molecule has 1 atom stereocenters. The van der Waals surface area contributed by atoms with Gasteiger partial charge in [-0.15, -0.1) is 0 Å². The predicted molar refractivity (Wildman–Crippen MR) is 112 cm³/mol. The molecule has 0 saturated carbocycles. The first-order valence-corrected chi connectivity index (χ1v) is 9.75. The Bertz CT molecular complexity index is 1110. The highest BCUT2D eigenvalue weighted by atomic mass is 16.2. The number of hydrogen-bond donors (Lipinski definition) is 2. The molecule has 150 valence electrons. The highest BCUT2D eigenvalue weighted by Crippen LogP contribution is 2.29. The first-order chi connectivity index (χ1) is 14.5. The van der Waals surface area contributed by atoms with Crippen LogP contribution in [0.4, 0.5) is 5.69 Å². The van der Waals surface area contributed by atoms with Gasteiger partial charge in [-0.2, -0.15) is 5.26 Å². The van der Waals surface area contributed by atoms with Crippen LogP contribution in [0.2, 0.25) is 0 Å². The average molecular weight is 399 g/mol. The predicted octanol–water partition coefficient (Wildman–Crippen LogP) is 2.43. The van der Waals surface area contributed by atoms with Crippen LogP contribution in [-0.2, 0) is 16.0 Å². The number of nitrogens with one attached hydrogen (secondary N) is 2. The van der Waals surface area contributed by atoms with Gasteiger partial charge in [0.1, 0.15) is 5.82 Å². The van der Waals surface area contributed by atoms with Crippen LogP contribution in [0.5, 0.6) is 0 Å². The fraction of sp³-hybridized carbons (Fsp3) is 0.217. The fourth-order valence-electron chi connectivity index (χ4n) is 3.69. The summed E-state index contributed by atoms with van der Waals surface area (Å²) in [6.45, 7) is 2.82. The van der Waals surface area contributed by atoms with Crippen LogP contribution in [0.3, 0.4) is 0 Å². The smallest absolute Gasteiger partial charge is 0.316 e. The normalized spacial score (nSPS) is 14.9. The topological polar surface area (TPSA) is 102 Å². The van der Waals surface area contributed by atoms with Crippen LogP contribution in [0.1, 0.15) is 34.1 Å². The van der Waals surface area contributed by atoms with Crippen LogP contribution >= 0.6 is 0 Å². The number of imidazole rings is 1. The molecule has 1 aromatic heterocycles. The quantitative estimate of drug-likeness (QED) is 0.643. The highest BCUT2D eigenvalue weighted by Gasteiger charge is 2.27. The first kappa shape index (κ1) is 19.4. The summed E-state index contributed by atoms with van der Waals surface area (Å²) in [5.41, 5.74) is 4.51. The molecule has 3 aromatic rings. The summed E-state index contributed by atoms with van der Waals surface area (Å²) in [5.74, 6) is -0.228. The molecule has 2 amide bonds. The van der Waals surface area contributed by atoms with E-state index in [-0.39, 0.29) is 5.92 Å². The maximum atomic E-state index is 12.1. The second kappa shape index (κ2) is 8.21. The van der Waals surface area contributed by atoms with Crippen LogP contribution in [0, 0.1) is 18.3 Å². The molecule has 2 heterocycles. The molecule has 0 bridgehead atoms. The van der Waals surface area contributed by atoms with E-state index in [1.54, 1.807) is 0 Å². The summed E-state index contributed by atoms with van der Waals surface area (Å²) in [5, 5.41) is 11.6. The third-order valence-corrected chi connectivity index (χ3v) is 5.29. The zero-order valence-electron chi connectivity index (χ0n) is 16.6. The van der Waals surface area contributed by atoms with E-state index in [4.69, 9.17) is 5.26 Å². The monoisotopic (exact) mass is 399 g/mol. The number of piperazine rings is 1. The van der Waals surface area contributed by atoms with Gasteiger partial charge in [0.05, 0.1) is 11.6 Å². The van der Waals surface area contributed by atoms with Crippen molar-refractivity contribution in [2.24, 2.45) is 0 Å². The number of nitriles is 1. The van der Waals surface area contributed by atoms with Crippen molar-refractivity contribution in [2.75, 3.05) is 18.0 Å². The second-order valence-electron chi connectivity index (χ2n) is 7.29. The number of amides is 2. The van der Waals surface area contributed by atoms with E-state index in [9.17, 15) is 9.59 Å². The van der Waals surface area contributed by atoms with Crippen molar-refractivity contribution in [2.45, 2.75) is 19.3 Å². The molecule has 1 fully saturated rings. The summed E-state index contributed by atoms with van der Waals surface area (Å²) in [7, 11) is 0. The van der Waals surface area contributed by atoms with Crippen molar-refractivity contribution in [3.05, 3.63) is 82.9 Å². The van der Waals surface area contributed by atoms with Gasteiger partial charge in [0.15, 0.2) is 0 Å². The molecule has 1 aliphatic rings. The number of carbonyl (C=O) groups is 2. The Kier molecular flexibility index (Phi) is 5.31. The molecule has 0 spiro atoms. The number of aromatic amines is 1. The maximum Gasteiger partial charge on any atom is 0.316 e. The van der Waals surface area contributed by atoms with Crippen molar-refractivity contribution in [1.29, 1.82) is 5.26 Å². The number of carbonyl (C=O) groups excluding carboxylic acids is 2. The van der Waals surface area contributed by atoms with Gasteiger partial charge in [0.25, 0.3) is 0 Å². The van der Waals surface area contributed by atoms with Crippen molar-refractivity contribution < 1.29 is 9.59 Å². The minimum atomic E-state index is -0.572. The van der Waals surface area contributed by atoms with E-state index in [2.05, 4.69) is 21.4 Å². The van der Waals surface area contributed by atoms with E-state index in [1.165, 1.54) is 4.90 Å². The summed E-state index contributed by atoms with van der Waals surface area (Å²) in [6.07, 6.45) is 2.58. The molecular formula is C23H21N5O2. The molecule has 1 unspecified atom stereocenters. The average Bonchev–Trinajstić information content (AvgIpc) is 3.20. The van der Waals surface area contributed by atoms with E-state index in [0.717, 1.165) is 29.1 Å². The largest absolute Gasteiger partial charge is 0.346 e.